The molecular weight excluding hydrogens is 206 g/mol. The van der Waals surface area contributed by atoms with Gasteiger partial charge in [0.05, 0.1) is 6.54 Å². The van der Waals surface area contributed by atoms with Crippen LogP contribution in [0.15, 0.2) is 16.9 Å². The molecular formula is C10H13N5O. The van der Waals surface area contributed by atoms with E-state index in [1.165, 1.54) is 12.8 Å². The summed E-state index contributed by atoms with van der Waals surface area (Å²) in [6.45, 7) is 1.67. The van der Waals surface area contributed by atoms with Gasteiger partial charge in [-0.1, -0.05) is 5.16 Å². The van der Waals surface area contributed by atoms with Gasteiger partial charge in [-0.25, -0.2) is 4.98 Å². The summed E-state index contributed by atoms with van der Waals surface area (Å²) >= 11 is 0. The summed E-state index contributed by atoms with van der Waals surface area (Å²) in [6.07, 6.45) is 6.08. The highest BCUT2D eigenvalue weighted by molar-refractivity contribution is 5.40. The number of aromatic nitrogens is 4. The van der Waals surface area contributed by atoms with Gasteiger partial charge in [-0.3, -0.25) is 0 Å². The maximum Gasteiger partial charge on any atom is 0.241 e. The van der Waals surface area contributed by atoms with E-state index < -0.39 is 0 Å². The number of nitrogens with zero attached hydrogens (tertiary/aromatic N) is 3. The monoisotopic (exact) mass is 219 g/mol. The first-order valence-corrected chi connectivity index (χ1v) is 5.45. The Balaban J connectivity index is 1.59. The number of H-pyrrole nitrogens is 1. The van der Waals surface area contributed by atoms with E-state index in [4.69, 9.17) is 4.52 Å². The minimum Gasteiger partial charge on any atom is -0.342 e. The molecule has 0 unspecified atom stereocenters. The summed E-state index contributed by atoms with van der Waals surface area (Å²) in [6, 6.07) is 0. The Kier molecular flexibility index (Phi) is 2.41. The molecule has 6 heteroatoms. The van der Waals surface area contributed by atoms with Crippen molar-refractivity contribution in [3.8, 4) is 11.6 Å². The van der Waals surface area contributed by atoms with Gasteiger partial charge < -0.3 is 14.8 Å². The Hall–Kier alpha value is -1.69. The molecule has 0 bridgehead atoms. The van der Waals surface area contributed by atoms with Crippen molar-refractivity contribution in [3.05, 3.63) is 18.3 Å². The molecule has 2 aromatic heterocycles. The number of hydrogen-bond acceptors (Lipinski definition) is 5. The fourth-order valence-electron chi connectivity index (χ4n) is 1.52. The van der Waals surface area contributed by atoms with E-state index in [0.717, 1.165) is 12.5 Å². The predicted molar refractivity (Wildman–Crippen MR) is 56.3 cm³/mol. The third-order valence-corrected chi connectivity index (χ3v) is 2.58. The fourth-order valence-corrected chi connectivity index (χ4v) is 1.52. The molecule has 3 rings (SSSR count). The molecule has 1 saturated carbocycles. The van der Waals surface area contributed by atoms with E-state index in [0.29, 0.717) is 24.1 Å². The lowest BCUT2D eigenvalue weighted by Crippen LogP contribution is -2.16. The summed E-state index contributed by atoms with van der Waals surface area (Å²) in [7, 11) is 0. The molecule has 2 N–H and O–H groups in total. The van der Waals surface area contributed by atoms with Crippen molar-refractivity contribution in [2.75, 3.05) is 6.54 Å². The van der Waals surface area contributed by atoms with E-state index in [9.17, 15) is 0 Å². The SMILES string of the molecule is c1c[nH]c(-c2noc(CNCC3CC3)n2)n1. The van der Waals surface area contributed by atoms with Crippen LogP contribution >= 0.6 is 0 Å². The third kappa shape index (κ3) is 2.11. The minimum absolute atomic E-state index is 0.508. The summed E-state index contributed by atoms with van der Waals surface area (Å²) in [5.41, 5.74) is 0. The van der Waals surface area contributed by atoms with Crippen molar-refractivity contribution in [2.45, 2.75) is 19.4 Å². The van der Waals surface area contributed by atoms with Crippen LogP contribution in [-0.4, -0.2) is 26.7 Å². The van der Waals surface area contributed by atoms with Gasteiger partial charge in [0.25, 0.3) is 0 Å². The molecule has 84 valence electrons. The number of aromatic amines is 1. The molecule has 0 atom stereocenters. The summed E-state index contributed by atoms with van der Waals surface area (Å²) in [5.74, 6) is 2.60. The van der Waals surface area contributed by atoms with Crippen LogP contribution in [0, 0.1) is 5.92 Å². The number of imidazole rings is 1. The molecule has 16 heavy (non-hydrogen) atoms. The van der Waals surface area contributed by atoms with E-state index in [1.807, 2.05) is 0 Å². The van der Waals surface area contributed by atoms with Gasteiger partial charge in [-0.2, -0.15) is 4.98 Å². The molecule has 6 nitrogen and oxygen atoms in total. The highest BCUT2D eigenvalue weighted by Crippen LogP contribution is 2.27. The number of hydrogen-bond donors (Lipinski definition) is 2. The summed E-state index contributed by atoms with van der Waals surface area (Å²) in [4.78, 5) is 11.2. The second kappa shape index (κ2) is 4.05. The van der Waals surface area contributed by atoms with Crippen LogP contribution in [0.3, 0.4) is 0 Å². The van der Waals surface area contributed by atoms with Gasteiger partial charge in [0, 0.05) is 12.4 Å². The Labute approximate surface area is 92.5 Å². The van der Waals surface area contributed by atoms with Gasteiger partial charge in [0.1, 0.15) is 0 Å². The molecule has 0 amide bonds. The van der Waals surface area contributed by atoms with Crippen LogP contribution < -0.4 is 5.32 Å². The average molecular weight is 219 g/mol. The molecule has 2 heterocycles. The first-order chi connectivity index (χ1) is 7.92. The zero-order valence-electron chi connectivity index (χ0n) is 8.81. The van der Waals surface area contributed by atoms with Crippen LogP contribution in [0.4, 0.5) is 0 Å². The lowest BCUT2D eigenvalue weighted by atomic mass is 10.4. The normalized spacial score (nSPS) is 15.5. The average Bonchev–Trinajstić information content (AvgIpc) is 2.83. The Morgan fingerprint density at radius 3 is 3.19 bits per heavy atom. The Morgan fingerprint density at radius 1 is 1.50 bits per heavy atom. The van der Waals surface area contributed by atoms with Gasteiger partial charge in [-0.15, -0.1) is 0 Å². The summed E-state index contributed by atoms with van der Waals surface area (Å²) < 4.78 is 5.11. The van der Waals surface area contributed by atoms with Gasteiger partial charge in [0.15, 0.2) is 5.82 Å². The molecule has 0 aromatic carbocycles. The lowest BCUT2D eigenvalue weighted by Gasteiger charge is -1.96. The maximum atomic E-state index is 5.11. The Bertz CT molecular complexity index is 445. The standard InChI is InChI=1S/C10H13N5O/c1-2-7(1)5-11-6-8-14-10(15-16-8)9-12-3-4-13-9/h3-4,7,11H,1-2,5-6H2,(H,12,13). The molecule has 0 saturated heterocycles. The quantitative estimate of drug-likeness (QED) is 0.783. The van der Waals surface area contributed by atoms with Gasteiger partial charge >= 0.3 is 0 Å². The highest BCUT2D eigenvalue weighted by Gasteiger charge is 2.20. The first-order valence-electron chi connectivity index (χ1n) is 5.45. The zero-order valence-corrected chi connectivity index (χ0v) is 8.81. The van der Waals surface area contributed by atoms with Crippen LogP contribution in [-0.2, 0) is 6.54 Å². The van der Waals surface area contributed by atoms with Crippen LogP contribution in [0.25, 0.3) is 11.6 Å². The van der Waals surface area contributed by atoms with E-state index in [1.54, 1.807) is 12.4 Å². The topological polar surface area (TPSA) is 79.6 Å². The lowest BCUT2D eigenvalue weighted by molar-refractivity contribution is 0.366. The largest absolute Gasteiger partial charge is 0.342 e. The van der Waals surface area contributed by atoms with Gasteiger partial charge in [0.2, 0.25) is 11.7 Å². The van der Waals surface area contributed by atoms with Gasteiger partial charge in [-0.05, 0) is 25.3 Å². The predicted octanol–water partition coefficient (Wildman–Crippen LogP) is 0.959. The smallest absolute Gasteiger partial charge is 0.241 e. The molecule has 2 aromatic rings. The van der Waals surface area contributed by atoms with Crippen LogP contribution in [0.5, 0.6) is 0 Å². The molecule has 0 aliphatic heterocycles. The second-order valence-corrected chi connectivity index (χ2v) is 4.02. The fraction of sp³-hybridized carbons (Fsp3) is 0.500. The Morgan fingerprint density at radius 2 is 2.44 bits per heavy atom. The molecule has 1 aliphatic carbocycles. The van der Waals surface area contributed by atoms with Crippen LogP contribution in [0.1, 0.15) is 18.7 Å². The highest BCUT2D eigenvalue weighted by atomic mass is 16.5. The van der Waals surface area contributed by atoms with Crippen molar-refractivity contribution >= 4 is 0 Å². The van der Waals surface area contributed by atoms with E-state index in [-0.39, 0.29) is 0 Å². The van der Waals surface area contributed by atoms with Crippen LogP contribution in [0.2, 0.25) is 0 Å². The maximum absolute atomic E-state index is 5.11. The molecule has 1 fully saturated rings. The van der Waals surface area contributed by atoms with E-state index in [2.05, 4.69) is 25.4 Å². The third-order valence-electron chi connectivity index (χ3n) is 2.58. The number of nitrogens with one attached hydrogen (secondary N) is 2. The van der Waals surface area contributed by atoms with E-state index >= 15 is 0 Å². The van der Waals surface area contributed by atoms with Crippen molar-refractivity contribution in [1.82, 2.24) is 25.4 Å². The number of rotatable bonds is 5. The summed E-state index contributed by atoms with van der Waals surface area (Å²) in [5, 5.41) is 7.15. The molecule has 0 radical (unpaired) electrons. The molecule has 0 spiro atoms. The second-order valence-electron chi connectivity index (χ2n) is 4.02. The minimum atomic E-state index is 0.508. The van der Waals surface area contributed by atoms with Crippen molar-refractivity contribution in [2.24, 2.45) is 5.92 Å². The van der Waals surface area contributed by atoms with Crippen molar-refractivity contribution < 1.29 is 4.52 Å². The van der Waals surface area contributed by atoms with Crippen molar-refractivity contribution in [1.29, 1.82) is 0 Å². The molecule has 1 aliphatic rings. The van der Waals surface area contributed by atoms with Crippen molar-refractivity contribution in [3.63, 3.8) is 0 Å². The first kappa shape index (κ1) is 9.53. The zero-order chi connectivity index (χ0) is 10.8.